The second-order valence-electron chi connectivity index (χ2n) is 5.32. The summed E-state index contributed by atoms with van der Waals surface area (Å²) in [5, 5.41) is 9.44. The van der Waals surface area contributed by atoms with Gasteiger partial charge in [0.15, 0.2) is 0 Å². The number of nitrogens with one attached hydrogen (secondary N) is 1. The average Bonchev–Trinajstić information content (AvgIpc) is 3.24. The third-order valence-corrected chi connectivity index (χ3v) is 4.02. The van der Waals surface area contributed by atoms with E-state index in [1.54, 1.807) is 17.2 Å². The lowest BCUT2D eigenvalue weighted by atomic mass is 10.1. The van der Waals surface area contributed by atoms with E-state index in [9.17, 15) is 4.79 Å². The molecule has 1 unspecified atom stereocenters. The van der Waals surface area contributed by atoms with Crippen molar-refractivity contribution in [3.63, 3.8) is 0 Å². The van der Waals surface area contributed by atoms with Gasteiger partial charge in [0.2, 0.25) is 0 Å². The fourth-order valence-electron chi connectivity index (χ4n) is 2.89. The van der Waals surface area contributed by atoms with E-state index in [1.165, 1.54) is 0 Å². The molecule has 4 rings (SSSR count). The largest absolute Gasteiger partial charge is 0.361 e. The Morgan fingerprint density at radius 3 is 2.95 bits per heavy atom. The summed E-state index contributed by atoms with van der Waals surface area (Å²) in [6.07, 6.45) is 6.12. The Balaban J connectivity index is 1.55. The molecule has 1 atom stereocenters. The summed E-state index contributed by atoms with van der Waals surface area (Å²) in [6.45, 7) is 1.41. The number of carbonyl (C=O) groups excluding carboxylic acids is 1. The Morgan fingerprint density at radius 1 is 1.24 bits per heavy atom. The van der Waals surface area contributed by atoms with Gasteiger partial charge in [0, 0.05) is 30.4 Å². The Hall–Kier alpha value is -2.63. The lowest BCUT2D eigenvalue weighted by Gasteiger charge is -2.16. The Labute approximate surface area is 121 Å². The molecule has 6 nitrogen and oxygen atoms in total. The lowest BCUT2D eigenvalue weighted by molar-refractivity contribution is 0.0786. The predicted molar refractivity (Wildman–Crippen MR) is 77.9 cm³/mol. The number of amides is 1. The minimum Gasteiger partial charge on any atom is -0.361 e. The van der Waals surface area contributed by atoms with Crippen LogP contribution < -0.4 is 0 Å². The topological polar surface area (TPSA) is 66.8 Å². The molecular weight excluding hydrogens is 266 g/mol. The van der Waals surface area contributed by atoms with Crippen LogP contribution in [0.2, 0.25) is 0 Å². The first kappa shape index (κ1) is 12.1. The number of fused-ring (bicyclic) bond motifs is 1. The summed E-state index contributed by atoms with van der Waals surface area (Å²) in [7, 11) is 0. The van der Waals surface area contributed by atoms with Crippen LogP contribution in [0.4, 0.5) is 0 Å². The van der Waals surface area contributed by atoms with Gasteiger partial charge in [-0.1, -0.05) is 6.07 Å². The zero-order chi connectivity index (χ0) is 14.2. The molecule has 0 bridgehead atoms. The molecule has 3 heterocycles. The molecule has 106 valence electrons. The second kappa shape index (κ2) is 4.73. The van der Waals surface area contributed by atoms with E-state index in [0.29, 0.717) is 6.54 Å². The molecule has 1 saturated heterocycles. The van der Waals surface area contributed by atoms with Gasteiger partial charge < -0.3 is 9.88 Å². The molecule has 2 aromatic heterocycles. The molecule has 1 aromatic carbocycles. The molecule has 1 aliphatic rings. The van der Waals surface area contributed by atoms with Gasteiger partial charge in [-0.2, -0.15) is 15.0 Å². The highest BCUT2D eigenvalue weighted by molar-refractivity contribution is 5.98. The first-order chi connectivity index (χ1) is 10.3. The zero-order valence-electron chi connectivity index (χ0n) is 11.4. The van der Waals surface area contributed by atoms with Crippen molar-refractivity contribution in [2.75, 3.05) is 13.1 Å². The quantitative estimate of drug-likeness (QED) is 0.779. The summed E-state index contributed by atoms with van der Waals surface area (Å²) < 4.78 is 0. The molecule has 1 N–H and O–H groups in total. The highest BCUT2D eigenvalue weighted by Gasteiger charge is 2.29. The third kappa shape index (κ3) is 2.08. The number of hydrogen-bond acceptors (Lipinski definition) is 3. The number of carbonyl (C=O) groups is 1. The molecular formula is C15H15N5O. The summed E-state index contributed by atoms with van der Waals surface area (Å²) in [5.41, 5.74) is 1.71. The third-order valence-electron chi connectivity index (χ3n) is 4.02. The van der Waals surface area contributed by atoms with Gasteiger partial charge in [-0.15, -0.1) is 0 Å². The number of hydrogen-bond donors (Lipinski definition) is 1. The van der Waals surface area contributed by atoms with E-state index in [1.807, 2.05) is 35.4 Å². The minimum absolute atomic E-state index is 0.0705. The van der Waals surface area contributed by atoms with E-state index in [2.05, 4.69) is 15.2 Å². The predicted octanol–water partition coefficient (Wildman–Crippen LogP) is 1.85. The first-order valence-corrected chi connectivity index (χ1v) is 7.03. The van der Waals surface area contributed by atoms with Gasteiger partial charge in [0.1, 0.15) is 0 Å². The number of likely N-dealkylation sites (tertiary alicyclic amines) is 1. The lowest BCUT2D eigenvalue weighted by Crippen LogP contribution is -2.29. The molecule has 0 radical (unpaired) electrons. The fraction of sp³-hybridized carbons (Fsp3) is 0.267. The van der Waals surface area contributed by atoms with Gasteiger partial charge in [-0.3, -0.25) is 4.79 Å². The van der Waals surface area contributed by atoms with E-state index in [4.69, 9.17) is 0 Å². The van der Waals surface area contributed by atoms with Gasteiger partial charge in [0.25, 0.3) is 5.91 Å². The van der Waals surface area contributed by atoms with Gasteiger partial charge >= 0.3 is 0 Å². The van der Waals surface area contributed by atoms with E-state index in [-0.39, 0.29) is 11.9 Å². The molecule has 1 aliphatic heterocycles. The highest BCUT2D eigenvalue weighted by Crippen LogP contribution is 2.23. The monoisotopic (exact) mass is 281 g/mol. The fourth-order valence-corrected chi connectivity index (χ4v) is 2.89. The molecule has 3 aromatic rings. The average molecular weight is 281 g/mol. The maximum Gasteiger partial charge on any atom is 0.254 e. The molecule has 1 fully saturated rings. The van der Waals surface area contributed by atoms with Crippen LogP contribution in [0.15, 0.2) is 42.9 Å². The number of aromatic nitrogens is 4. The second-order valence-corrected chi connectivity index (χ2v) is 5.32. The Morgan fingerprint density at radius 2 is 2.10 bits per heavy atom. The summed E-state index contributed by atoms with van der Waals surface area (Å²) in [4.78, 5) is 19.3. The summed E-state index contributed by atoms with van der Waals surface area (Å²) >= 11 is 0. The first-order valence-electron chi connectivity index (χ1n) is 7.03. The van der Waals surface area contributed by atoms with E-state index in [0.717, 1.165) is 29.4 Å². The Bertz CT molecular complexity index is 776. The van der Waals surface area contributed by atoms with Crippen molar-refractivity contribution in [3.05, 3.63) is 48.4 Å². The Kier molecular flexibility index (Phi) is 2.73. The normalized spacial score (nSPS) is 18.5. The van der Waals surface area contributed by atoms with E-state index < -0.39 is 0 Å². The number of benzene rings is 1. The molecule has 0 saturated carbocycles. The smallest absolute Gasteiger partial charge is 0.254 e. The van der Waals surface area contributed by atoms with Crippen LogP contribution in [0.25, 0.3) is 10.9 Å². The molecule has 1 amide bonds. The van der Waals surface area contributed by atoms with Crippen LogP contribution in [0.1, 0.15) is 22.8 Å². The van der Waals surface area contributed by atoms with E-state index >= 15 is 0 Å². The van der Waals surface area contributed by atoms with Crippen molar-refractivity contribution in [2.45, 2.75) is 12.5 Å². The van der Waals surface area contributed by atoms with Crippen LogP contribution in [0.5, 0.6) is 0 Å². The van der Waals surface area contributed by atoms with Crippen molar-refractivity contribution in [1.82, 2.24) is 24.9 Å². The molecule has 0 spiro atoms. The van der Waals surface area contributed by atoms with Crippen molar-refractivity contribution in [2.24, 2.45) is 0 Å². The van der Waals surface area contributed by atoms with Crippen LogP contribution >= 0.6 is 0 Å². The molecule has 0 aliphatic carbocycles. The number of rotatable bonds is 2. The van der Waals surface area contributed by atoms with Crippen LogP contribution in [-0.2, 0) is 0 Å². The van der Waals surface area contributed by atoms with Crippen LogP contribution in [0, 0.1) is 0 Å². The van der Waals surface area contributed by atoms with Crippen LogP contribution in [0.3, 0.4) is 0 Å². The maximum absolute atomic E-state index is 12.6. The highest BCUT2D eigenvalue weighted by atomic mass is 16.2. The number of nitrogens with zero attached hydrogens (tertiary/aromatic N) is 4. The van der Waals surface area contributed by atoms with Gasteiger partial charge in [-0.25, -0.2) is 0 Å². The van der Waals surface area contributed by atoms with Crippen molar-refractivity contribution in [3.8, 4) is 0 Å². The maximum atomic E-state index is 12.6. The van der Waals surface area contributed by atoms with Crippen molar-refractivity contribution >= 4 is 16.8 Å². The van der Waals surface area contributed by atoms with Crippen LogP contribution in [-0.4, -0.2) is 43.9 Å². The summed E-state index contributed by atoms with van der Waals surface area (Å²) in [5.74, 6) is 0.0705. The number of H-pyrrole nitrogens is 1. The number of aromatic amines is 1. The SMILES string of the molecule is O=C(c1ccc2cc[nH]c2c1)N1CCC(n2nccn2)C1. The zero-order valence-corrected chi connectivity index (χ0v) is 11.4. The molecule has 21 heavy (non-hydrogen) atoms. The molecule has 6 heteroatoms. The van der Waals surface area contributed by atoms with Crippen molar-refractivity contribution < 1.29 is 4.79 Å². The minimum atomic E-state index is 0.0705. The van der Waals surface area contributed by atoms with Crippen molar-refractivity contribution in [1.29, 1.82) is 0 Å². The van der Waals surface area contributed by atoms with Gasteiger partial charge in [0.05, 0.1) is 18.4 Å². The summed E-state index contributed by atoms with van der Waals surface area (Å²) in [6, 6.07) is 7.95. The van der Waals surface area contributed by atoms with Gasteiger partial charge in [-0.05, 0) is 30.0 Å². The standard InChI is InChI=1S/C15H15N5O/c21-15(12-2-1-11-3-5-16-14(11)9-12)19-8-4-13(10-19)20-17-6-7-18-20/h1-3,5-7,9,13,16H,4,8,10H2.